The number of rotatable bonds is 4. The van der Waals surface area contributed by atoms with Crippen molar-refractivity contribution < 1.29 is 9.21 Å². The number of furan rings is 1. The second kappa shape index (κ2) is 6.76. The Morgan fingerprint density at radius 3 is 2.96 bits per heavy atom. The van der Waals surface area contributed by atoms with Gasteiger partial charge >= 0.3 is 0 Å². The van der Waals surface area contributed by atoms with Gasteiger partial charge in [-0.25, -0.2) is 4.98 Å². The number of hydrogen-bond donors (Lipinski definition) is 1. The third kappa shape index (κ3) is 3.01. The molecule has 1 atom stereocenters. The Balaban J connectivity index is 1.62. The minimum atomic E-state index is -0.134. The summed E-state index contributed by atoms with van der Waals surface area (Å²) in [5, 5.41) is 0. The summed E-state index contributed by atoms with van der Waals surface area (Å²) in [4.78, 5) is 28.2. The average Bonchev–Trinajstić information content (AvgIpc) is 3.31. The molecular weight excluding hydrogens is 330 g/mol. The molecule has 0 saturated carbocycles. The van der Waals surface area contributed by atoms with Crippen molar-refractivity contribution >= 4 is 5.91 Å². The summed E-state index contributed by atoms with van der Waals surface area (Å²) in [5.74, 6) is 0.984. The number of hydrogen-bond acceptors (Lipinski definition) is 5. The largest absolute Gasteiger partial charge is 0.455 e. The molecule has 1 amide bonds. The number of nitrogens with one attached hydrogen (secondary N) is 1. The van der Waals surface area contributed by atoms with Crippen LogP contribution in [0.25, 0.3) is 0 Å². The van der Waals surface area contributed by atoms with Crippen molar-refractivity contribution in [2.75, 3.05) is 20.6 Å². The lowest BCUT2D eigenvalue weighted by Gasteiger charge is -2.33. The van der Waals surface area contributed by atoms with Gasteiger partial charge in [0.25, 0.3) is 5.91 Å². The molecule has 4 rings (SSSR count). The van der Waals surface area contributed by atoms with Gasteiger partial charge < -0.3 is 14.3 Å². The van der Waals surface area contributed by atoms with Gasteiger partial charge in [-0.2, -0.15) is 0 Å². The first-order chi connectivity index (χ1) is 12.6. The summed E-state index contributed by atoms with van der Waals surface area (Å²) in [6, 6.07) is 9.48. The van der Waals surface area contributed by atoms with E-state index < -0.39 is 0 Å². The first kappa shape index (κ1) is 16.5. The lowest BCUT2D eigenvalue weighted by atomic mass is 9.99. The second-order valence-electron chi connectivity index (χ2n) is 6.61. The molecule has 0 spiro atoms. The number of fused-ring (bicyclic) bond motifs is 1. The molecule has 134 valence electrons. The maximum atomic E-state index is 12.1. The van der Waals surface area contributed by atoms with Gasteiger partial charge in [0.15, 0.2) is 5.76 Å². The Hall–Kier alpha value is -2.93. The molecule has 1 N–H and O–H groups in total. The van der Waals surface area contributed by atoms with Gasteiger partial charge in [-0.05, 0) is 24.3 Å². The Bertz CT molecular complexity index is 900. The summed E-state index contributed by atoms with van der Waals surface area (Å²) in [7, 11) is 3.43. The van der Waals surface area contributed by atoms with Crippen LogP contribution in [-0.2, 0) is 13.0 Å². The maximum absolute atomic E-state index is 12.1. The molecule has 0 fully saturated rings. The van der Waals surface area contributed by atoms with Crippen LogP contribution in [-0.4, -0.2) is 51.3 Å². The molecule has 0 aromatic carbocycles. The molecule has 26 heavy (non-hydrogen) atoms. The number of pyridine rings is 1. The van der Waals surface area contributed by atoms with Gasteiger partial charge in [-0.1, -0.05) is 6.07 Å². The molecule has 1 unspecified atom stereocenters. The van der Waals surface area contributed by atoms with E-state index in [1.165, 1.54) is 4.90 Å². The lowest BCUT2D eigenvalue weighted by Crippen LogP contribution is -2.36. The normalized spacial score (nSPS) is 17.1. The van der Waals surface area contributed by atoms with Crippen LogP contribution >= 0.6 is 0 Å². The van der Waals surface area contributed by atoms with E-state index in [0.29, 0.717) is 12.3 Å². The zero-order valence-corrected chi connectivity index (χ0v) is 14.8. The van der Waals surface area contributed by atoms with Gasteiger partial charge in [0, 0.05) is 39.0 Å². The molecular formula is C19H21N5O2. The third-order valence-corrected chi connectivity index (χ3v) is 4.63. The summed E-state index contributed by atoms with van der Waals surface area (Å²) in [5.41, 5.74) is 3.11. The highest BCUT2D eigenvalue weighted by Gasteiger charge is 2.32. The van der Waals surface area contributed by atoms with Crippen LogP contribution in [0.4, 0.5) is 0 Å². The smallest absolute Gasteiger partial charge is 0.289 e. The third-order valence-electron chi connectivity index (χ3n) is 4.63. The van der Waals surface area contributed by atoms with E-state index >= 15 is 0 Å². The van der Waals surface area contributed by atoms with Crippen LogP contribution in [0.1, 0.15) is 39.4 Å². The molecule has 0 radical (unpaired) electrons. The molecule has 1 aliphatic rings. The fourth-order valence-electron chi connectivity index (χ4n) is 3.36. The topological polar surface area (TPSA) is 78.3 Å². The van der Waals surface area contributed by atoms with E-state index in [9.17, 15) is 4.79 Å². The number of aromatic nitrogens is 3. The highest BCUT2D eigenvalue weighted by Crippen LogP contribution is 2.33. The van der Waals surface area contributed by atoms with Gasteiger partial charge in [-0.3, -0.25) is 14.7 Å². The Kier molecular flexibility index (Phi) is 4.30. The molecule has 7 heteroatoms. The summed E-state index contributed by atoms with van der Waals surface area (Å²) >= 11 is 0. The maximum Gasteiger partial charge on any atom is 0.289 e. The van der Waals surface area contributed by atoms with Crippen LogP contribution in [0.15, 0.2) is 47.3 Å². The highest BCUT2D eigenvalue weighted by atomic mass is 16.4. The van der Waals surface area contributed by atoms with E-state index in [2.05, 4.69) is 19.9 Å². The van der Waals surface area contributed by atoms with E-state index in [-0.39, 0.29) is 11.9 Å². The van der Waals surface area contributed by atoms with Gasteiger partial charge in [0.1, 0.15) is 5.76 Å². The molecule has 4 heterocycles. The monoisotopic (exact) mass is 351 g/mol. The Morgan fingerprint density at radius 1 is 1.31 bits per heavy atom. The number of carbonyl (C=O) groups excluding carboxylic acids is 1. The fraction of sp³-hybridized carbons (Fsp3) is 0.316. The van der Waals surface area contributed by atoms with Crippen molar-refractivity contribution in [3.63, 3.8) is 0 Å². The summed E-state index contributed by atoms with van der Waals surface area (Å²) in [6.07, 6.45) is 4.43. The van der Waals surface area contributed by atoms with E-state index in [1.807, 2.05) is 24.3 Å². The van der Waals surface area contributed by atoms with Crippen molar-refractivity contribution in [1.29, 1.82) is 0 Å². The number of aromatic amines is 1. The van der Waals surface area contributed by atoms with Crippen molar-refractivity contribution in [3.05, 3.63) is 71.5 Å². The average molecular weight is 351 g/mol. The Morgan fingerprint density at radius 2 is 2.19 bits per heavy atom. The van der Waals surface area contributed by atoms with Crippen LogP contribution in [0, 0.1) is 0 Å². The molecule has 3 aromatic rings. The van der Waals surface area contributed by atoms with E-state index in [1.54, 1.807) is 32.7 Å². The molecule has 0 saturated heterocycles. The SMILES string of the molecule is CN(C)C(=O)c1ccc(CN2CCc3[nH]cnc3C2c2ccccn2)o1. The second-order valence-corrected chi connectivity index (χ2v) is 6.61. The van der Waals surface area contributed by atoms with Crippen molar-refractivity contribution in [2.45, 2.75) is 19.0 Å². The number of amides is 1. The molecule has 7 nitrogen and oxygen atoms in total. The van der Waals surface area contributed by atoms with Gasteiger partial charge in [-0.15, -0.1) is 0 Å². The molecule has 1 aliphatic heterocycles. The van der Waals surface area contributed by atoms with Crippen LogP contribution in [0.3, 0.4) is 0 Å². The highest BCUT2D eigenvalue weighted by molar-refractivity contribution is 5.91. The van der Waals surface area contributed by atoms with Crippen molar-refractivity contribution in [3.8, 4) is 0 Å². The zero-order valence-electron chi connectivity index (χ0n) is 14.8. The standard InChI is InChI=1S/C19H21N5O2/c1-23(2)19(25)16-7-6-13(26-16)11-24-10-8-14-17(22-12-21-14)18(24)15-5-3-4-9-20-15/h3-7,9,12,18H,8,10-11H2,1-2H3,(H,21,22). The molecule has 0 bridgehead atoms. The van der Waals surface area contributed by atoms with Crippen LogP contribution < -0.4 is 0 Å². The minimum absolute atomic E-state index is 0.0377. The molecule has 3 aromatic heterocycles. The quantitative estimate of drug-likeness (QED) is 0.780. The predicted molar refractivity (Wildman–Crippen MR) is 95.5 cm³/mol. The number of H-pyrrole nitrogens is 1. The number of carbonyl (C=O) groups is 1. The first-order valence-corrected chi connectivity index (χ1v) is 8.61. The Labute approximate surface area is 151 Å². The summed E-state index contributed by atoms with van der Waals surface area (Å²) in [6.45, 7) is 1.45. The number of imidazole rings is 1. The lowest BCUT2D eigenvalue weighted by molar-refractivity contribution is 0.0791. The zero-order chi connectivity index (χ0) is 18.1. The van der Waals surface area contributed by atoms with Gasteiger partial charge in [0.05, 0.1) is 30.3 Å². The predicted octanol–water partition coefficient (Wildman–Crippen LogP) is 2.25. The molecule has 0 aliphatic carbocycles. The van der Waals surface area contributed by atoms with Gasteiger partial charge in [0.2, 0.25) is 0 Å². The van der Waals surface area contributed by atoms with E-state index in [0.717, 1.165) is 35.8 Å². The number of nitrogens with zero attached hydrogens (tertiary/aromatic N) is 4. The van der Waals surface area contributed by atoms with Crippen molar-refractivity contribution in [1.82, 2.24) is 24.8 Å². The van der Waals surface area contributed by atoms with Crippen LogP contribution in [0.5, 0.6) is 0 Å². The summed E-state index contributed by atoms with van der Waals surface area (Å²) < 4.78 is 5.78. The van der Waals surface area contributed by atoms with Crippen molar-refractivity contribution in [2.24, 2.45) is 0 Å². The first-order valence-electron chi connectivity index (χ1n) is 8.61. The minimum Gasteiger partial charge on any atom is -0.455 e. The fourth-order valence-corrected chi connectivity index (χ4v) is 3.36. The van der Waals surface area contributed by atoms with E-state index in [4.69, 9.17) is 4.42 Å². The van der Waals surface area contributed by atoms with Crippen LogP contribution in [0.2, 0.25) is 0 Å².